The Balaban J connectivity index is 0. The van der Waals surface area contributed by atoms with Crippen LogP contribution in [0.1, 0.15) is 27.7 Å². The SMILES string of the molecule is CC(C)=N[O][Al]([CH3])[CH3].CC(C)=N[O][Al]([CH3])[CH3]. The van der Waals surface area contributed by atoms with E-state index in [1.165, 1.54) is 0 Å². The van der Waals surface area contributed by atoms with Gasteiger partial charge in [-0.2, -0.15) is 0 Å². The number of rotatable bonds is 4. The van der Waals surface area contributed by atoms with Crippen LogP contribution >= 0.6 is 0 Å². The van der Waals surface area contributed by atoms with Gasteiger partial charge in [-0.15, -0.1) is 10.3 Å². The van der Waals surface area contributed by atoms with Gasteiger partial charge in [-0.05, 0) is 27.7 Å². The maximum absolute atomic E-state index is 5.03. The molecule has 0 aromatic rings. The van der Waals surface area contributed by atoms with Crippen molar-refractivity contribution in [1.82, 2.24) is 0 Å². The second-order valence-electron chi connectivity index (χ2n) is 4.39. The van der Waals surface area contributed by atoms with Crippen LogP contribution in [0.15, 0.2) is 10.3 Å². The van der Waals surface area contributed by atoms with E-state index in [4.69, 9.17) is 7.78 Å². The second kappa shape index (κ2) is 11.5. The predicted molar refractivity (Wildman–Crippen MR) is 74.7 cm³/mol. The topological polar surface area (TPSA) is 43.2 Å². The molecule has 0 saturated carbocycles. The Labute approximate surface area is 109 Å². The van der Waals surface area contributed by atoms with Gasteiger partial charge in [0, 0.05) is 11.4 Å². The fourth-order valence-corrected chi connectivity index (χ4v) is 1.26. The fraction of sp³-hybridized carbons (Fsp3) is 0.800. The number of hydrogen-bond acceptors (Lipinski definition) is 4. The van der Waals surface area contributed by atoms with Crippen LogP contribution < -0.4 is 0 Å². The number of hydrogen-bond donors (Lipinski definition) is 0. The number of oxime groups is 2. The van der Waals surface area contributed by atoms with E-state index in [0.29, 0.717) is 0 Å². The maximum Gasteiger partial charge on any atom is 0.570 e. The molecule has 0 spiro atoms. The van der Waals surface area contributed by atoms with Crippen LogP contribution in [0.4, 0.5) is 0 Å². The smallest absolute Gasteiger partial charge is 0.545 e. The van der Waals surface area contributed by atoms with Gasteiger partial charge in [-0.1, -0.05) is 23.1 Å². The van der Waals surface area contributed by atoms with Crippen molar-refractivity contribution in [2.24, 2.45) is 10.3 Å². The van der Waals surface area contributed by atoms with Gasteiger partial charge >= 0.3 is 29.0 Å². The first-order valence-electron chi connectivity index (χ1n) is 5.59. The number of nitrogens with zero attached hydrogens (tertiary/aromatic N) is 2. The van der Waals surface area contributed by atoms with E-state index in [1.807, 2.05) is 27.7 Å². The summed E-state index contributed by atoms with van der Waals surface area (Å²) in [6.45, 7) is 7.71. The van der Waals surface area contributed by atoms with Gasteiger partial charge in [0.2, 0.25) is 0 Å². The molecule has 0 rings (SSSR count). The molecular weight excluding hydrogens is 234 g/mol. The molecule has 92 valence electrons. The van der Waals surface area contributed by atoms with Gasteiger partial charge in [-0.3, -0.25) is 0 Å². The molecule has 0 heterocycles. The van der Waals surface area contributed by atoms with Gasteiger partial charge in [0.1, 0.15) is 0 Å². The van der Waals surface area contributed by atoms with Crippen LogP contribution in [0.2, 0.25) is 23.1 Å². The first-order valence-corrected chi connectivity index (χ1v) is 11.2. The molecule has 0 saturated heterocycles. The standard InChI is InChI=1S/2C3H7NO.4CH3.2Al/c2*1-3(2)4-5;;;;;;/h2*5H,1-2H3;4*1H3;;/q;;;;;;2*+1/p-2. The summed E-state index contributed by atoms with van der Waals surface area (Å²) < 4.78 is 10.1. The van der Waals surface area contributed by atoms with E-state index in [1.54, 1.807) is 0 Å². The quantitative estimate of drug-likeness (QED) is 0.441. The average molecular weight is 258 g/mol. The summed E-state index contributed by atoms with van der Waals surface area (Å²) in [6, 6.07) is 0. The Morgan fingerprint density at radius 3 is 1.00 bits per heavy atom. The summed E-state index contributed by atoms with van der Waals surface area (Å²) in [6.07, 6.45) is 0. The molecule has 0 radical (unpaired) electrons. The van der Waals surface area contributed by atoms with E-state index in [2.05, 4.69) is 33.5 Å². The minimum atomic E-state index is -0.914. The molecule has 0 aromatic carbocycles. The van der Waals surface area contributed by atoms with Gasteiger partial charge in [0.15, 0.2) is 0 Å². The lowest BCUT2D eigenvalue weighted by atomic mass is 10.5. The van der Waals surface area contributed by atoms with Crippen molar-refractivity contribution >= 4 is 40.4 Å². The third-order valence-corrected chi connectivity index (χ3v) is 1.95. The molecule has 0 N–H and O–H groups in total. The molecule has 0 aliphatic carbocycles. The average Bonchev–Trinajstić information content (AvgIpc) is 2.12. The van der Waals surface area contributed by atoms with E-state index >= 15 is 0 Å². The van der Waals surface area contributed by atoms with Crippen LogP contribution in [0.5, 0.6) is 0 Å². The summed E-state index contributed by atoms with van der Waals surface area (Å²) in [5.74, 6) is 8.36. The molecule has 4 nitrogen and oxygen atoms in total. The van der Waals surface area contributed by atoms with E-state index in [9.17, 15) is 0 Å². The maximum atomic E-state index is 5.03. The van der Waals surface area contributed by atoms with Crippen molar-refractivity contribution in [1.29, 1.82) is 0 Å². The molecule has 16 heavy (non-hydrogen) atoms. The monoisotopic (exact) mass is 258 g/mol. The fourth-order valence-electron chi connectivity index (χ4n) is 0.422. The van der Waals surface area contributed by atoms with Gasteiger partial charge < -0.3 is 7.78 Å². The zero-order chi connectivity index (χ0) is 13.1. The third kappa shape index (κ3) is 23.7. The molecular formula is C10H24Al2N2O2. The summed E-state index contributed by atoms with van der Waals surface area (Å²) in [5.41, 5.74) is 1.98. The Morgan fingerprint density at radius 1 is 0.688 bits per heavy atom. The van der Waals surface area contributed by atoms with Crippen LogP contribution in [0.25, 0.3) is 0 Å². The minimum absolute atomic E-state index is 0.914. The van der Waals surface area contributed by atoms with Gasteiger partial charge in [-0.25, -0.2) is 0 Å². The van der Waals surface area contributed by atoms with Crippen molar-refractivity contribution in [2.75, 3.05) is 0 Å². The van der Waals surface area contributed by atoms with Crippen molar-refractivity contribution < 1.29 is 7.78 Å². The second-order valence-corrected chi connectivity index (χ2v) is 9.00. The molecule has 0 fully saturated rings. The Kier molecular flexibility index (Phi) is 13.2. The van der Waals surface area contributed by atoms with Gasteiger partial charge in [0.25, 0.3) is 0 Å². The van der Waals surface area contributed by atoms with Crippen molar-refractivity contribution in [2.45, 2.75) is 50.8 Å². The zero-order valence-electron chi connectivity index (χ0n) is 11.9. The van der Waals surface area contributed by atoms with Crippen molar-refractivity contribution in [3.8, 4) is 0 Å². The van der Waals surface area contributed by atoms with E-state index in [0.717, 1.165) is 11.4 Å². The van der Waals surface area contributed by atoms with Gasteiger partial charge in [0.05, 0.1) is 0 Å². The van der Waals surface area contributed by atoms with E-state index < -0.39 is 29.0 Å². The largest absolute Gasteiger partial charge is 0.570 e. The lowest BCUT2D eigenvalue weighted by Gasteiger charge is -1.97. The Hall–Kier alpha value is 0.00494. The highest BCUT2D eigenvalue weighted by Gasteiger charge is 2.04. The normalized spacial score (nSPS) is 8.00. The molecule has 0 amide bonds. The molecule has 6 heteroatoms. The summed E-state index contributed by atoms with van der Waals surface area (Å²) in [5, 5.41) is 7.60. The lowest BCUT2D eigenvalue weighted by molar-refractivity contribution is 0.351. The van der Waals surface area contributed by atoms with Crippen LogP contribution in [0.3, 0.4) is 0 Å². The molecule has 0 aromatic heterocycles. The predicted octanol–water partition coefficient (Wildman–Crippen LogP) is 3.30. The molecule has 0 bridgehead atoms. The third-order valence-electron chi connectivity index (χ3n) is 0.892. The minimum Gasteiger partial charge on any atom is -0.545 e. The first kappa shape index (κ1) is 18.4. The molecule has 0 aliphatic rings. The van der Waals surface area contributed by atoms with Crippen LogP contribution in [0, 0.1) is 0 Å². The molecule has 0 unspecified atom stereocenters. The highest BCUT2D eigenvalue weighted by atomic mass is 27.2. The highest BCUT2D eigenvalue weighted by molar-refractivity contribution is 6.48. The van der Waals surface area contributed by atoms with Crippen molar-refractivity contribution in [3.63, 3.8) is 0 Å². The molecule has 0 atom stereocenters. The Bertz CT molecular complexity index is 197. The zero-order valence-corrected chi connectivity index (χ0v) is 14.2. The first-order chi connectivity index (χ1) is 7.25. The molecule has 0 aliphatic heterocycles. The highest BCUT2D eigenvalue weighted by Crippen LogP contribution is 1.85. The summed E-state index contributed by atoms with van der Waals surface area (Å²) in [7, 11) is 0. The summed E-state index contributed by atoms with van der Waals surface area (Å²) in [4.78, 5) is 0. The lowest BCUT2D eigenvalue weighted by Crippen LogP contribution is -2.02. The summed E-state index contributed by atoms with van der Waals surface area (Å²) >= 11 is -1.83. The van der Waals surface area contributed by atoms with Crippen LogP contribution in [-0.2, 0) is 7.78 Å². The van der Waals surface area contributed by atoms with Crippen molar-refractivity contribution in [3.05, 3.63) is 0 Å². The Morgan fingerprint density at radius 2 is 0.938 bits per heavy atom. The van der Waals surface area contributed by atoms with Crippen LogP contribution in [-0.4, -0.2) is 40.4 Å². The van der Waals surface area contributed by atoms with E-state index in [-0.39, 0.29) is 0 Å².